The molecule has 0 spiro atoms. The van der Waals surface area contributed by atoms with Crippen LogP contribution in [0, 0.1) is 18.8 Å². The van der Waals surface area contributed by atoms with Crippen molar-refractivity contribution in [3.63, 3.8) is 0 Å². The number of alkyl carbamates (subject to hydrolysis) is 1. The van der Waals surface area contributed by atoms with Crippen LogP contribution in [0.1, 0.15) is 93.9 Å². The summed E-state index contributed by atoms with van der Waals surface area (Å²) in [5.41, 5.74) is 10.5. The maximum atomic E-state index is 14.5. The molecule has 0 aliphatic heterocycles. The molecule has 2 aromatic heterocycles. The maximum Gasteiger partial charge on any atom is 0.407 e. The fourth-order valence-corrected chi connectivity index (χ4v) is 8.22. The number of carbonyl (C=O) groups excluding carboxylic acids is 4. The lowest BCUT2D eigenvalue weighted by atomic mass is 9.81. The predicted octanol–water partition coefficient (Wildman–Crippen LogP) is 5.60. The zero-order valence-electron chi connectivity index (χ0n) is 35.0. The van der Waals surface area contributed by atoms with Crippen LogP contribution >= 0.6 is 0 Å². The van der Waals surface area contributed by atoms with Crippen LogP contribution in [0.15, 0.2) is 60.7 Å². The van der Waals surface area contributed by atoms with Gasteiger partial charge >= 0.3 is 6.09 Å². The zero-order valence-corrected chi connectivity index (χ0v) is 35.0. The topological polar surface area (TPSA) is 201 Å². The molecule has 0 saturated heterocycles. The second-order valence-electron chi connectivity index (χ2n) is 17.2. The van der Waals surface area contributed by atoms with Gasteiger partial charge < -0.3 is 26.0 Å². The first-order valence-corrected chi connectivity index (χ1v) is 20.6. The third-order valence-electron chi connectivity index (χ3n) is 11.5. The number of tetrazole rings is 1. The quantitative estimate of drug-likeness (QED) is 0.132. The summed E-state index contributed by atoms with van der Waals surface area (Å²) in [7, 11) is 4.21. The normalized spacial score (nSPS) is 20.1. The van der Waals surface area contributed by atoms with Crippen molar-refractivity contribution in [3.8, 4) is 22.5 Å². The van der Waals surface area contributed by atoms with Gasteiger partial charge in [0.25, 0.3) is 5.91 Å². The van der Waals surface area contributed by atoms with Crippen molar-refractivity contribution in [2.45, 2.75) is 109 Å². The second-order valence-corrected chi connectivity index (χ2v) is 17.2. The number of amides is 4. The van der Waals surface area contributed by atoms with Crippen molar-refractivity contribution in [2.24, 2.45) is 17.6 Å². The van der Waals surface area contributed by atoms with Gasteiger partial charge in [0.2, 0.25) is 17.6 Å². The van der Waals surface area contributed by atoms with Crippen LogP contribution in [0.5, 0.6) is 0 Å². The lowest BCUT2D eigenvalue weighted by molar-refractivity contribution is -0.127. The number of carbonyl (C=O) groups is 4. The van der Waals surface area contributed by atoms with Gasteiger partial charge in [-0.1, -0.05) is 30.3 Å². The summed E-state index contributed by atoms with van der Waals surface area (Å²) in [5.74, 6) is -0.700. The number of aromatic amines is 1. The van der Waals surface area contributed by atoms with E-state index in [1.165, 1.54) is 0 Å². The number of nitrogens with two attached hydrogens (primary N) is 1. The molecule has 6 rings (SSSR count). The predicted molar refractivity (Wildman–Crippen MR) is 225 cm³/mol. The molecular weight excluding hydrogens is 749 g/mol. The third-order valence-corrected chi connectivity index (χ3v) is 11.5. The van der Waals surface area contributed by atoms with Crippen LogP contribution in [0.3, 0.4) is 0 Å². The van der Waals surface area contributed by atoms with Crippen LogP contribution in [-0.4, -0.2) is 98.7 Å². The van der Waals surface area contributed by atoms with Gasteiger partial charge in [0, 0.05) is 53.5 Å². The van der Waals surface area contributed by atoms with E-state index in [1.54, 1.807) is 35.2 Å². The second kappa shape index (κ2) is 18.9. The number of H-pyrrole nitrogens is 1. The van der Waals surface area contributed by atoms with Gasteiger partial charge in [0.05, 0.1) is 0 Å². The van der Waals surface area contributed by atoms with E-state index in [9.17, 15) is 19.2 Å². The number of ether oxygens (including phenoxy) is 1. The highest BCUT2D eigenvalue weighted by molar-refractivity contribution is 6.02. The molecule has 314 valence electrons. The molecule has 5 N–H and O–H groups in total. The summed E-state index contributed by atoms with van der Waals surface area (Å²) >= 11 is 0. The first kappa shape index (κ1) is 42.9. The largest absolute Gasteiger partial charge is 0.444 e. The van der Waals surface area contributed by atoms with Crippen molar-refractivity contribution in [1.29, 1.82) is 0 Å². The molecule has 1 atom stereocenters. The molecule has 15 nitrogen and oxygen atoms in total. The SMILES string of the molecule is Cc1nc(C(=O)NC2CCC(N(C)C)CC2)ccc1-c1ccc(C[C@@H](C(N)=O)N(C(=O)C2CCC(CNC(=O)OC(C)(C)C)CC2)c2ccc(-c3nn[nH]n3)cc2)cc1. The van der Waals surface area contributed by atoms with Crippen molar-refractivity contribution >= 4 is 29.5 Å². The molecular formula is C44H58N10O5. The molecule has 2 aromatic carbocycles. The number of benzene rings is 2. The Bertz CT molecular complexity index is 2050. The maximum absolute atomic E-state index is 14.5. The molecule has 15 heteroatoms. The highest BCUT2D eigenvalue weighted by atomic mass is 16.6. The van der Waals surface area contributed by atoms with Gasteiger partial charge in [-0.25, -0.2) is 9.78 Å². The molecule has 2 fully saturated rings. The van der Waals surface area contributed by atoms with Crippen LogP contribution < -0.4 is 21.3 Å². The molecule has 4 aromatic rings. The van der Waals surface area contributed by atoms with E-state index in [0.717, 1.165) is 60.9 Å². The summed E-state index contributed by atoms with van der Waals surface area (Å²) in [5, 5.41) is 20.2. The van der Waals surface area contributed by atoms with Gasteiger partial charge in [-0.2, -0.15) is 5.21 Å². The highest BCUT2D eigenvalue weighted by Gasteiger charge is 2.36. The molecule has 0 unspecified atom stereocenters. The third kappa shape index (κ3) is 11.3. The number of nitrogens with zero attached hydrogens (tertiary/aromatic N) is 6. The Labute approximate surface area is 346 Å². The molecule has 0 radical (unpaired) electrons. The number of rotatable bonds is 13. The van der Waals surface area contributed by atoms with Crippen molar-refractivity contribution in [3.05, 3.63) is 77.6 Å². The van der Waals surface area contributed by atoms with Crippen LogP contribution in [0.25, 0.3) is 22.5 Å². The molecule has 2 saturated carbocycles. The van der Waals surface area contributed by atoms with E-state index in [4.69, 9.17) is 10.5 Å². The summed E-state index contributed by atoms with van der Waals surface area (Å²) in [6.45, 7) is 7.82. The van der Waals surface area contributed by atoms with E-state index >= 15 is 0 Å². The molecule has 2 aliphatic carbocycles. The Morgan fingerprint density at radius 2 is 1.54 bits per heavy atom. The fourth-order valence-electron chi connectivity index (χ4n) is 8.22. The molecule has 0 bridgehead atoms. The van der Waals surface area contributed by atoms with Gasteiger partial charge in [0.1, 0.15) is 17.3 Å². The Morgan fingerprint density at radius 1 is 0.881 bits per heavy atom. The zero-order chi connectivity index (χ0) is 42.3. The monoisotopic (exact) mass is 806 g/mol. The Morgan fingerprint density at radius 3 is 2.12 bits per heavy atom. The number of hydrogen-bond donors (Lipinski definition) is 4. The van der Waals surface area contributed by atoms with E-state index in [-0.39, 0.29) is 36.1 Å². The minimum absolute atomic E-state index is 0.148. The molecule has 2 heterocycles. The average molecular weight is 807 g/mol. The summed E-state index contributed by atoms with van der Waals surface area (Å²) in [4.78, 5) is 61.7. The minimum Gasteiger partial charge on any atom is -0.444 e. The number of pyridine rings is 1. The van der Waals surface area contributed by atoms with E-state index in [0.29, 0.717) is 48.2 Å². The first-order chi connectivity index (χ1) is 28.1. The van der Waals surface area contributed by atoms with Gasteiger partial charge in [-0.05, 0) is 146 Å². The summed E-state index contributed by atoms with van der Waals surface area (Å²) in [6.07, 6.45) is 6.42. The van der Waals surface area contributed by atoms with E-state index in [1.807, 2.05) is 58.0 Å². The number of nitrogens with one attached hydrogen (secondary N) is 3. The lowest BCUT2D eigenvalue weighted by Crippen LogP contribution is -2.52. The van der Waals surface area contributed by atoms with Gasteiger partial charge in [-0.15, -0.1) is 10.2 Å². The summed E-state index contributed by atoms with van der Waals surface area (Å²) in [6, 6.07) is 18.3. The van der Waals surface area contributed by atoms with Gasteiger partial charge in [0.15, 0.2) is 0 Å². The standard InChI is InChI=1S/C44H58N10O5/c1-27-36(23-24-37(47-27)41(56)48-33-17-21-34(22-18-33)53(5)6)30-11-7-28(8-12-30)25-38(39(45)55)54(35-19-15-31(16-20-35)40-49-51-52-50-40)42(57)32-13-9-29(10-14-32)26-46-43(58)59-44(2,3)4/h7-8,11-12,15-16,19-20,23-24,29,32-34,38H,9-10,13-14,17-18,21-22,25-26H2,1-6H3,(H2,45,55)(H,46,58)(H,48,56)(H,49,50,51,52)/t29?,32?,33?,34?,38-/m0/s1. The highest BCUT2D eigenvalue weighted by Crippen LogP contribution is 2.34. The number of anilines is 1. The number of primary amides is 1. The van der Waals surface area contributed by atoms with Crippen LogP contribution in [0.2, 0.25) is 0 Å². The fraction of sp³-hybridized carbons (Fsp3) is 0.500. The van der Waals surface area contributed by atoms with E-state index < -0.39 is 23.6 Å². The minimum atomic E-state index is -0.977. The van der Waals surface area contributed by atoms with E-state index in [2.05, 4.69) is 55.2 Å². The molecule has 4 amide bonds. The first-order valence-electron chi connectivity index (χ1n) is 20.6. The summed E-state index contributed by atoms with van der Waals surface area (Å²) < 4.78 is 5.39. The Kier molecular flexibility index (Phi) is 13.8. The van der Waals surface area contributed by atoms with Crippen LogP contribution in [0.4, 0.5) is 10.5 Å². The van der Waals surface area contributed by atoms with Crippen LogP contribution in [-0.2, 0) is 20.7 Å². The van der Waals surface area contributed by atoms with Crippen molar-refractivity contribution in [2.75, 3.05) is 25.5 Å². The number of aromatic nitrogens is 5. The van der Waals surface area contributed by atoms with Gasteiger partial charge in [-0.3, -0.25) is 19.3 Å². The smallest absolute Gasteiger partial charge is 0.407 e. The van der Waals surface area contributed by atoms with Crippen molar-refractivity contribution in [1.82, 2.24) is 41.1 Å². The lowest BCUT2D eigenvalue weighted by Gasteiger charge is -2.36. The molecule has 59 heavy (non-hydrogen) atoms. The van der Waals surface area contributed by atoms with Crippen molar-refractivity contribution < 1.29 is 23.9 Å². The number of aryl methyl sites for hydroxylation is 1. The Hall–Kier alpha value is -5.70. The molecule has 2 aliphatic rings. The average Bonchev–Trinajstić information content (AvgIpc) is 3.75. The Balaban J connectivity index is 1.15. The number of hydrogen-bond acceptors (Lipinski definition) is 10.